The van der Waals surface area contributed by atoms with E-state index in [9.17, 15) is 4.79 Å². The summed E-state index contributed by atoms with van der Waals surface area (Å²) in [5.41, 5.74) is 5.27. The van der Waals surface area contributed by atoms with Crippen molar-refractivity contribution in [3.05, 3.63) is 0 Å². The van der Waals surface area contributed by atoms with Gasteiger partial charge in [-0.25, -0.2) is 0 Å². The molecule has 0 radical (unpaired) electrons. The van der Waals surface area contributed by atoms with Crippen molar-refractivity contribution in [2.45, 2.75) is 77.0 Å². The van der Waals surface area contributed by atoms with E-state index in [4.69, 9.17) is 10.5 Å². The van der Waals surface area contributed by atoms with Crippen LogP contribution in [0.15, 0.2) is 0 Å². The molecule has 3 unspecified atom stereocenters. The van der Waals surface area contributed by atoms with E-state index >= 15 is 0 Å². The Hall–Kier alpha value is -0.610. The topological polar surface area (TPSA) is 64.3 Å². The van der Waals surface area contributed by atoms with Crippen molar-refractivity contribution in [3.63, 3.8) is 0 Å². The molecule has 0 aromatic heterocycles. The van der Waals surface area contributed by atoms with E-state index in [1.807, 2.05) is 0 Å². The standard InChI is InChI=1S/C16H30N2O2/c1-11(2)12(3)20-10-8-13-5-4-9-16(13,15(17)19)18-14-6-7-14/h11-14,18H,4-10H2,1-3H3,(H2,17,19). The van der Waals surface area contributed by atoms with Gasteiger partial charge < -0.3 is 15.8 Å². The number of hydrogen-bond donors (Lipinski definition) is 2. The molecular weight excluding hydrogens is 252 g/mol. The van der Waals surface area contributed by atoms with Gasteiger partial charge >= 0.3 is 0 Å². The molecule has 1 amide bonds. The summed E-state index contributed by atoms with van der Waals surface area (Å²) in [5, 5.41) is 3.55. The zero-order valence-electron chi connectivity index (χ0n) is 13.2. The monoisotopic (exact) mass is 282 g/mol. The van der Waals surface area contributed by atoms with E-state index in [1.165, 1.54) is 12.8 Å². The van der Waals surface area contributed by atoms with E-state index < -0.39 is 5.54 Å². The molecule has 116 valence electrons. The molecule has 3 atom stereocenters. The minimum atomic E-state index is -0.467. The lowest BCUT2D eigenvalue weighted by Gasteiger charge is -2.34. The van der Waals surface area contributed by atoms with Crippen molar-refractivity contribution in [2.24, 2.45) is 17.6 Å². The summed E-state index contributed by atoms with van der Waals surface area (Å²) < 4.78 is 5.88. The van der Waals surface area contributed by atoms with E-state index in [0.717, 1.165) is 32.3 Å². The fourth-order valence-electron chi connectivity index (χ4n) is 3.23. The van der Waals surface area contributed by atoms with Gasteiger partial charge in [0.15, 0.2) is 0 Å². The van der Waals surface area contributed by atoms with E-state index in [2.05, 4.69) is 26.1 Å². The summed E-state index contributed by atoms with van der Waals surface area (Å²) in [7, 11) is 0. The highest BCUT2D eigenvalue weighted by atomic mass is 16.5. The van der Waals surface area contributed by atoms with Crippen LogP contribution in [-0.2, 0) is 9.53 Å². The zero-order chi connectivity index (χ0) is 14.8. The van der Waals surface area contributed by atoms with Gasteiger partial charge in [0.2, 0.25) is 5.91 Å². The van der Waals surface area contributed by atoms with Crippen LogP contribution in [0.25, 0.3) is 0 Å². The predicted molar refractivity (Wildman–Crippen MR) is 80.3 cm³/mol. The van der Waals surface area contributed by atoms with Crippen LogP contribution >= 0.6 is 0 Å². The highest BCUT2D eigenvalue weighted by Gasteiger charge is 2.49. The first-order valence-corrected chi connectivity index (χ1v) is 8.15. The molecule has 0 aliphatic heterocycles. The summed E-state index contributed by atoms with van der Waals surface area (Å²) in [4.78, 5) is 12.0. The van der Waals surface area contributed by atoms with Crippen molar-refractivity contribution < 1.29 is 9.53 Å². The number of rotatable bonds is 8. The van der Waals surface area contributed by atoms with Crippen molar-refractivity contribution in [1.29, 1.82) is 0 Å². The molecule has 0 saturated heterocycles. The van der Waals surface area contributed by atoms with Gasteiger partial charge in [0.05, 0.1) is 6.10 Å². The van der Waals surface area contributed by atoms with Gasteiger partial charge in [-0.05, 0) is 50.9 Å². The minimum absolute atomic E-state index is 0.163. The lowest BCUT2D eigenvalue weighted by Crippen LogP contribution is -2.58. The molecule has 4 heteroatoms. The summed E-state index contributed by atoms with van der Waals surface area (Å²) in [5.74, 6) is 0.702. The predicted octanol–water partition coefficient (Wildman–Crippen LogP) is 2.21. The smallest absolute Gasteiger partial charge is 0.238 e. The van der Waals surface area contributed by atoms with Crippen LogP contribution in [0.5, 0.6) is 0 Å². The molecule has 2 aliphatic rings. The second kappa shape index (κ2) is 6.44. The molecule has 0 bridgehead atoms. The molecular formula is C16H30N2O2. The average molecular weight is 282 g/mol. The van der Waals surface area contributed by atoms with E-state index in [-0.39, 0.29) is 12.0 Å². The third-order valence-corrected chi connectivity index (χ3v) is 5.09. The van der Waals surface area contributed by atoms with Crippen molar-refractivity contribution in [3.8, 4) is 0 Å². The third kappa shape index (κ3) is 3.53. The van der Waals surface area contributed by atoms with Gasteiger partial charge in [-0.2, -0.15) is 0 Å². The number of amides is 1. The molecule has 2 saturated carbocycles. The molecule has 0 aromatic rings. The maximum Gasteiger partial charge on any atom is 0.238 e. The van der Waals surface area contributed by atoms with Crippen LogP contribution in [0.2, 0.25) is 0 Å². The first-order valence-electron chi connectivity index (χ1n) is 8.15. The van der Waals surface area contributed by atoms with Crippen molar-refractivity contribution >= 4 is 5.91 Å². The summed E-state index contributed by atoms with van der Waals surface area (Å²) >= 11 is 0. The first-order chi connectivity index (χ1) is 9.45. The highest BCUT2D eigenvalue weighted by molar-refractivity contribution is 5.85. The van der Waals surface area contributed by atoms with Crippen LogP contribution in [0.4, 0.5) is 0 Å². The quantitative estimate of drug-likeness (QED) is 0.717. The number of carbonyl (C=O) groups is 1. The Kier molecular flexibility index (Phi) is 5.08. The second-order valence-electron chi connectivity index (χ2n) is 6.95. The maximum atomic E-state index is 12.0. The Balaban J connectivity index is 1.89. The third-order valence-electron chi connectivity index (χ3n) is 5.09. The molecule has 20 heavy (non-hydrogen) atoms. The Bertz CT molecular complexity index is 341. The van der Waals surface area contributed by atoms with Crippen LogP contribution in [0.1, 0.15) is 59.3 Å². The van der Waals surface area contributed by atoms with Gasteiger partial charge in [-0.15, -0.1) is 0 Å². The van der Waals surface area contributed by atoms with Gasteiger partial charge in [-0.1, -0.05) is 20.3 Å². The van der Waals surface area contributed by atoms with Gasteiger partial charge in [-0.3, -0.25) is 4.79 Å². The fourth-order valence-corrected chi connectivity index (χ4v) is 3.23. The van der Waals surface area contributed by atoms with Crippen LogP contribution in [-0.4, -0.2) is 30.2 Å². The molecule has 3 N–H and O–H groups in total. The van der Waals surface area contributed by atoms with Gasteiger partial charge in [0.25, 0.3) is 0 Å². The summed E-state index contributed by atoms with van der Waals surface area (Å²) in [6.45, 7) is 7.18. The SMILES string of the molecule is CC(C)C(C)OCCC1CCCC1(NC1CC1)C(N)=O. The molecule has 0 aromatic carbocycles. The second-order valence-corrected chi connectivity index (χ2v) is 6.95. The number of hydrogen-bond acceptors (Lipinski definition) is 3. The van der Waals surface area contributed by atoms with Crippen molar-refractivity contribution in [2.75, 3.05) is 6.61 Å². The average Bonchev–Trinajstić information content (AvgIpc) is 3.09. The largest absolute Gasteiger partial charge is 0.378 e. The molecule has 4 nitrogen and oxygen atoms in total. The summed E-state index contributed by atoms with van der Waals surface area (Å²) in [6.07, 6.45) is 6.64. The Labute approximate surface area is 122 Å². The van der Waals surface area contributed by atoms with Gasteiger partial charge in [0, 0.05) is 12.6 Å². The van der Waals surface area contributed by atoms with Crippen molar-refractivity contribution in [1.82, 2.24) is 5.32 Å². The fraction of sp³-hybridized carbons (Fsp3) is 0.938. The minimum Gasteiger partial charge on any atom is -0.378 e. The lowest BCUT2D eigenvalue weighted by atomic mass is 9.84. The highest BCUT2D eigenvalue weighted by Crippen LogP contribution is 2.40. The first kappa shape index (κ1) is 15.8. The van der Waals surface area contributed by atoms with Gasteiger partial charge in [0.1, 0.15) is 5.54 Å². The molecule has 2 rings (SSSR count). The Morgan fingerprint density at radius 2 is 2.05 bits per heavy atom. The number of primary amides is 1. The number of ether oxygens (including phenoxy) is 1. The molecule has 0 spiro atoms. The van der Waals surface area contributed by atoms with Crippen LogP contribution < -0.4 is 11.1 Å². The lowest BCUT2D eigenvalue weighted by molar-refractivity contribution is -0.126. The molecule has 0 heterocycles. The molecule has 2 fully saturated rings. The zero-order valence-corrected chi connectivity index (χ0v) is 13.2. The van der Waals surface area contributed by atoms with Crippen LogP contribution in [0.3, 0.4) is 0 Å². The van der Waals surface area contributed by atoms with E-state index in [1.54, 1.807) is 0 Å². The summed E-state index contributed by atoms with van der Waals surface area (Å²) in [6, 6.07) is 0.513. The van der Waals surface area contributed by atoms with Crippen LogP contribution in [0, 0.1) is 11.8 Å². The number of nitrogens with two attached hydrogens (primary N) is 1. The number of nitrogens with one attached hydrogen (secondary N) is 1. The van der Waals surface area contributed by atoms with E-state index in [0.29, 0.717) is 17.9 Å². The maximum absolute atomic E-state index is 12.0. The normalized spacial score (nSPS) is 31.7. The number of carbonyl (C=O) groups excluding carboxylic acids is 1. The molecule has 2 aliphatic carbocycles. The Morgan fingerprint density at radius 3 is 2.60 bits per heavy atom. The Morgan fingerprint density at radius 1 is 1.35 bits per heavy atom.